The van der Waals surface area contributed by atoms with Crippen molar-refractivity contribution in [2.75, 3.05) is 52.4 Å². The molecule has 0 atom stereocenters. The third kappa shape index (κ3) is 4.29. The summed E-state index contributed by atoms with van der Waals surface area (Å²) in [6.07, 6.45) is 1.57. The molecule has 2 heterocycles. The smallest absolute Gasteiger partial charge is 0.321 e. The van der Waals surface area contributed by atoms with E-state index < -0.39 is 6.03 Å². The molecule has 0 unspecified atom stereocenters. The summed E-state index contributed by atoms with van der Waals surface area (Å²) >= 11 is 0. The van der Waals surface area contributed by atoms with Gasteiger partial charge in [-0.3, -0.25) is 19.9 Å². The zero-order chi connectivity index (χ0) is 14.4. The Kier molecular flexibility index (Phi) is 5.51. The average molecular weight is 281 g/mol. The average Bonchev–Trinajstić information content (AvgIpc) is 2.36. The molecule has 0 saturated carbocycles. The number of nitrogens with one attached hydrogen (secondary N) is 3. The summed E-state index contributed by atoms with van der Waals surface area (Å²) in [5.74, 6) is -0.259. The van der Waals surface area contributed by atoms with Crippen molar-refractivity contribution in [1.29, 1.82) is 0 Å². The lowest BCUT2D eigenvalue weighted by molar-refractivity contribution is -0.121. The number of amides is 3. The summed E-state index contributed by atoms with van der Waals surface area (Å²) in [5.41, 5.74) is 0. The van der Waals surface area contributed by atoms with Crippen LogP contribution in [0.1, 0.15) is 0 Å². The summed E-state index contributed by atoms with van der Waals surface area (Å²) < 4.78 is 0. The fourth-order valence-corrected chi connectivity index (χ4v) is 2.40. The SMILES string of the molecule is C=CCNC(=O)NC(=O)CN1CCN(C2CNC2)CC1. The summed E-state index contributed by atoms with van der Waals surface area (Å²) in [7, 11) is 0. The van der Waals surface area contributed by atoms with Gasteiger partial charge in [0.2, 0.25) is 5.91 Å². The Labute approximate surface area is 119 Å². The maximum absolute atomic E-state index is 11.7. The highest BCUT2D eigenvalue weighted by Crippen LogP contribution is 2.09. The second-order valence-electron chi connectivity index (χ2n) is 5.17. The molecular formula is C13H23N5O2. The summed E-state index contributed by atoms with van der Waals surface area (Å²) in [4.78, 5) is 27.6. The van der Waals surface area contributed by atoms with Gasteiger partial charge in [0.05, 0.1) is 6.54 Å². The van der Waals surface area contributed by atoms with Crippen LogP contribution in [0.15, 0.2) is 12.7 Å². The monoisotopic (exact) mass is 281 g/mol. The molecule has 7 nitrogen and oxygen atoms in total. The third-order valence-corrected chi connectivity index (χ3v) is 3.71. The number of nitrogens with zero attached hydrogens (tertiary/aromatic N) is 2. The van der Waals surface area contributed by atoms with Gasteiger partial charge in [0.25, 0.3) is 0 Å². The van der Waals surface area contributed by atoms with Crippen molar-refractivity contribution in [1.82, 2.24) is 25.8 Å². The predicted molar refractivity (Wildman–Crippen MR) is 76.4 cm³/mol. The van der Waals surface area contributed by atoms with Crippen LogP contribution >= 0.6 is 0 Å². The van der Waals surface area contributed by atoms with Crippen LogP contribution in [0.4, 0.5) is 4.79 Å². The molecular weight excluding hydrogens is 258 g/mol. The molecule has 7 heteroatoms. The molecule has 2 aliphatic heterocycles. The molecule has 2 rings (SSSR count). The van der Waals surface area contributed by atoms with E-state index in [0.717, 1.165) is 39.3 Å². The van der Waals surface area contributed by atoms with E-state index in [1.807, 2.05) is 0 Å². The minimum absolute atomic E-state index is 0.259. The highest BCUT2D eigenvalue weighted by atomic mass is 16.2. The Morgan fingerprint density at radius 1 is 1.25 bits per heavy atom. The van der Waals surface area contributed by atoms with Gasteiger partial charge in [0.1, 0.15) is 0 Å². The molecule has 0 radical (unpaired) electrons. The molecule has 0 aromatic carbocycles. The zero-order valence-electron chi connectivity index (χ0n) is 11.7. The zero-order valence-corrected chi connectivity index (χ0v) is 11.7. The number of hydrogen-bond acceptors (Lipinski definition) is 5. The van der Waals surface area contributed by atoms with Gasteiger partial charge in [0, 0.05) is 51.9 Å². The van der Waals surface area contributed by atoms with E-state index in [0.29, 0.717) is 12.6 Å². The van der Waals surface area contributed by atoms with Gasteiger partial charge < -0.3 is 10.6 Å². The molecule has 0 aromatic rings. The Morgan fingerprint density at radius 2 is 1.95 bits per heavy atom. The standard InChI is InChI=1S/C13H23N5O2/c1-2-3-15-13(20)16-12(19)10-17-4-6-18(7-5-17)11-8-14-9-11/h2,11,14H,1,3-10H2,(H2,15,16,19,20). The van der Waals surface area contributed by atoms with Gasteiger partial charge in [-0.25, -0.2) is 4.79 Å². The lowest BCUT2D eigenvalue weighted by atomic mass is 10.1. The molecule has 0 aromatic heterocycles. The van der Waals surface area contributed by atoms with Crippen molar-refractivity contribution in [2.24, 2.45) is 0 Å². The first-order valence-corrected chi connectivity index (χ1v) is 7.04. The molecule has 3 N–H and O–H groups in total. The topological polar surface area (TPSA) is 76.7 Å². The second-order valence-corrected chi connectivity index (χ2v) is 5.17. The van der Waals surface area contributed by atoms with E-state index in [1.54, 1.807) is 6.08 Å². The fourth-order valence-electron chi connectivity index (χ4n) is 2.40. The van der Waals surface area contributed by atoms with Crippen LogP contribution in [0.2, 0.25) is 0 Å². The number of piperazine rings is 1. The van der Waals surface area contributed by atoms with E-state index in [4.69, 9.17) is 0 Å². The van der Waals surface area contributed by atoms with E-state index in [2.05, 4.69) is 32.3 Å². The molecule has 0 spiro atoms. The molecule has 2 saturated heterocycles. The molecule has 0 bridgehead atoms. The van der Waals surface area contributed by atoms with Crippen LogP contribution in [-0.2, 0) is 4.79 Å². The van der Waals surface area contributed by atoms with Crippen LogP contribution in [0.5, 0.6) is 0 Å². The van der Waals surface area contributed by atoms with Gasteiger partial charge in [0.15, 0.2) is 0 Å². The summed E-state index contributed by atoms with van der Waals surface area (Å²) in [5, 5.41) is 8.10. The lowest BCUT2D eigenvalue weighted by Gasteiger charge is -2.43. The molecule has 0 aliphatic carbocycles. The van der Waals surface area contributed by atoms with Gasteiger partial charge in [-0.05, 0) is 0 Å². The Morgan fingerprint density at radius 3 is 2.50 bits per heavy atom. The highest BCUT2D eigenvalue weighted by Gasteiger charge is 2.28. The maximum atomic E-state index is 11.7. The summed E-state index contributed by atoms with van der Waals surface area (Å²) in [6, 6.07) is 0.199. The van der Waals surface area contributed by atoms with Gasteiger partial charge in [-0.15, -0.1) is 6.58 Å². The Balaban J connectivity index is 1.62. The maximum Gasteiger partial charge on any atom is 0.321 e. The Hall–Kier alpha value is -1.44. The molecule has 2 aliphatic rings. The van der Waals surface area contributed by atoms with Crippen LogP contribution in [0.3, 0.4) is 0 Å². The van der Waals surface area contributed by atoms with Crippen LogP contribution in [-0.4, -0.2) is 80.1 Å². The quantitative estimate of drug-likeness (QED) is 0.540. The largest absolute Gasteiger partial charge is 0.334 e. The molecule has 112 valence electrons. The van der Waals surface area contributed by atoms with E-state index >= 15 is 0 Å². The number of rotatable bonds is 5. The predicted octanol–water partition coefficient (Wildman–Crippen LogP) is -1.41. The first-order valence-electron chi connectivity index (χ1n) is 7.04. The number of hydrogen-bond donors (Lipinski definition) is 3. The first kappa shape index (κ1) is 15.0. The van der Waals surface area contributed by atoms with Crippen molar-refractivity contribution in [3.8, 4) is 0 Å². The van der Waals surface area contributed by atoms with Gasteiger partial charge >= 0.3 is 6.03 Å². The van der Waals surface area contributed by atoms with Crippen molar-refractivity contribution < 1.29 is 9.59 Å². The van der Waals surface area contributed by atoms with Crippen LogP contribution in [0, 0.1) is 0 Å². The van der Waals surface area contributed by atoms with Crippen molar-refractivity contribution in [3.05, 3.63) is 12.7 Å². The van der Waals surface area contributed by atoms with Crippen molar-refractivity contribution in [2.45, 2.75) is 6.04 Å². The number of carbonyl (C=O) groups is 2. The van der Waals surface area contributed by atoms with Gasteiger partial charge in [-0.1, -0.05) is 6.08 Å². The lowest BCUT2D eigenvalue weighted by Crippen LogP contribution is -2.62. The van der Waals surface area contributed by atoms with Crippen molar-refractivity contribution in [3.63, 3.8) is 0 Å². The summed E-state index contributed by atoms with van der Waals surface area (Å²) in [6.45, 7) is 9.99. The minimum atomic E-state index is -0.464. The van der Waals surface area contributed by atoms with Crippen LogP contribution in [0.25, 0.3) is 0 Å². The molecule has 20 heavy (non-hydrogen) atoms. The first-order chi connectivity index (χ1) is 9.69. The fraction of sp³-hybridized carbons (Fsp3) is 0.692. The molecule has 3 amide bonds. The number of imide groups is 1. The Bertz CT molecular complexity index is 362. The van der Waals surface area contributed by atoms with E-state index in [9.17, 15) is 9.59 Å². The third-order valence-electron chi connectivity index (χ3n) is 3.71. The normalized spacial score (nSPS) is 21.0. The molecule has 2 fully saturated rings. The van der Waals surface area contributed by atoms with E-state index in [-0.39, 0.29) is 12.5 Å². The number of carbonyl (C=O) groups excluding carboxylic acids is 2. The minimum Gasteiger partial charge on any atom is -0.334 e. The van der Waals surface area contributed by atoms with Crippen LogP contribution < -0.4 is 16.0 Å². The number of urea groups is 1. The second kappa shape index (κ2) is 7.37. The van der Waals surface area contributed by atoms with Gasteiger partial charge in [-0.2, -0.15) is 0 Å². The van der Waals surface area contributed by atoms with E-state index in [1.165, 1.54) is 0 Å². The van der Waals surface area contributed by atoms with Crippen molar-refractivity contribution >= 4 is 11.9 Å². The highest BCUT2D eigenvalue weighted by molar-refractivity contribution is 5.95.